The molecule has 1 amide bonds. The molecule has 0 aliphatic heterocycles. The summed E-state index contributed by atoms with van der Waals surface area (Å²) in [5.74, 6) is -0.0685. The van der Waals surface area contributed by atoms with Crippen molar-refractivity contribution in [3.8, 4) is 0 Å². The van der Waals surface area contributed by atoms with Crippen molar-refractivity contribution < 1.29 is 23.3 Å². The normalized spacial score (nSPS) is 12.1. The number of aryl methyl sites for hydroxylation is 2. The fraction of sp³-hybridized carbons (Fsp3) is 0.278. The molecule has 0 radical (unpaired) electrons. The van der Waals surface area contributed by atoms with Gasteiger partial charge in [0.15, 0.2) is 6.61 Å². The summed E-state index contributed by atoms with van der Waals surface area (Å²) in [6.07, 6.45) is 0. The van der Waals surface area contributed by atoms with E-state index in [2.05, 4.69) is 10.5 Å². The lowest BCUT2D eigenvalue weighted by Gasteiger charge is -2.11. The first-order chi connectivity index (χ1) is 12.0. The van der Waals surface area contributed by atoms with Crippen molar-refractivity contribution in [2.45, 2.75) is 26.8 Å². The molecule has 0 fully saturated rings. The second-order valence-corrected chi connectivity index (χ2v) is 5.75. The molecule has 1 atom stereocenters. The highest BCUT2D eigenvalue weighted by Gasteiger charge is 2.21. The Hall–Kier alpha value is -3.09. The van der Waals surface area contributed by atoms with E-state index in [4.69, 9.17) is 13.7 Å². The van der Waals surface area contributed by atoms with Gasteiger partial charge in [0, 0.05) is 5.39 Å². The van der Waals surface area contributed by atoms with Crippen LogP contribution >= 0.6 is 0 Å². The largest absolute Gasteiger partial charge is 0.459 e. The number of amides is 1. The number of rotatable bonds is 5. The van der Waals surface area contributed by atoms with Crippen molar-refractivity contribution in [1.29, 1.82) is 0 Å². The van der Waals surface area contributed by atoms with Crippen LogP contribution in [0.4, 0.5) is 0 Å². The zero-order valence-electron chi connectivity index (χ0n) is 14.2. The molecule has 7 heteroatoms. The van der Waals surface area contributed by atoms with Crippen molar-refractivity contribution in [2.24, 2.45) is 0 Å². The summed E-state index contributed by atoms with van der Waals surface area (Å²) in [5.41, 5.74) is 1.43. The topological polar surface area (TPSA) is 94.6 Å². The minimum atomic E-state index is -0.636. The third-order valence-corrected chi connectivity index (χ3v) is 3.82. The Kier molecular flexibility index (Phi) is 4.56. The molecule has 2 heterocycles. The van der Waals surface area contributed by atoms with Crippen LogP contribution in [0.5, 0.6) is 0 Å². The molecule has 3 rings (SSSR count). The van der Waals surface area contributed by atoms with E-state index in [0.717, 1.165) is 11.0 Å². The third-order valence-electron chi connectivity index (χ3n) is 3.82. The second kappa shape index (κ2) is 6.80. The number of para-hydroxylation sites is 1. The molecule has 1 N–H and O–H groups in total. The van der Waals surface area contributed by atoms with E-state index in [0.29, 0.717) is 17.2 Å². The van der Waals surface area contributed by atoms with Gasteiger partial charge in [-0.25, -0.2) is 4.79 Å². The van der Waals surface area contributed by atoms with E-state index in [1.807, 2.05) is 30.3 Å². The summed E-state index contributed by atoms with van der Waals surface area (Å²) < 4.78 is 15.6. The first-order valence-corrected chi connectivity index (χ1v) is 7.83. The lowest BCUT2D eigenvalue weighted by Crippen LogP contribution is -2.31. The lowest BCUT2D eigenvalue weighted by atomic mass is 10.2. The Morgan fingerprint density at radius 2 is 2.04 bits per heavy atom. The number of furan rings is 1. The van der Waals surface area contributed by atoms with Gasteiger partial charge in [-0.1, -0.05) is 23.4 Å². The summed E-state index contributed by atoms with van der Waals surface area (Å²) >= 11 is 0. The van der Waals surface area contributed by atoms with Gasteiger partial charge in [-0.3, -0.25) is 4.79 Å². The Bertz CT molecular complexity index is 872. The number of aromatic nitrogens is 1. The molecule has 2 aromatic heterocycles. The number of benzene rings is 1. The van der Waals surface area contributed by atoms with E-state index in [-0.39, 0.29) is 11.6 Å². The highest BCUT2D eigenvalue weighted by molar-refractivity contribution is 5.93. The maximum atomic E-state index is 12.0. The van der Waals surface area contributed by atoms with Crippen LogP contribution in [0.25, 0.3) is 11.0 Å². The van der Waals surface area contributed by atoms with Crippen LogP contribution in [0.1, 0.15) is 40.5 Å². The van der Waals surface area contributed by atoms with E-state index >= 15 is 0 Å². The highest BCUT2D eigenvalue weighted by Crippen LogP contribution is 2.23. The molecule has 0 bridgehead atoms. The number of nitrogens with one attached hydrogen (secondary N) is 1. The van der Waals surface area contributed by atoms with Crippen LogP contribution in [0.3, 0.4) is 0 Å². The molecule has 25 heavy (non-hydrogen) atoms. The number of ether oxygens (including phenoxy) is 1. The Morgan fingerprint density at radius 3 is 2.72 bits per heavy atom. The van der Waals surface area contributed by atoms with Crippen molar-refractivity contribution in [1.82, 2.24) is 10.5 Å². The van der Waals surface area contributed by atoms with Crippen molar-refractivity contribution >= 4 is 22.8 Å². The molecule has 3 aromatic rings. The van der Waals surface area contributed by atoms with Crippen LogP contribution in [-0.4, -0.2) is 23.6 Å². The van der Waals surface area contributed by atoms with E-state index < -0.39 is 18.5 Å². The van der Waals surface area contributed by atoms with Gasteiger partial charge >= 0.3 is 5.97 Å². The molecule has 0 aliphatic carbocycles. The lowest BCUT2D eigenvalue weighted by molar-refractivity contribution is -0.125. The third kappa shape index (κ3) is 3.55. The summed E-state index contributed by atoms with van der Waals surface area (Å²) in [6, 6.07) is 9.11. The molecule has 0 spiro atoms. The fourth-order valence-corrected chi connectivity index (χ4v) is 2.55. The molecule has 1 aromatic carbocycles. The Morgan fingerprint density at radius 1 is 1.28 bits per heavy atom. The number of fused-ring (bicyclic) bond motifs is 1. The average Bonchev–Trinajstić information content (AvgIpc) is 3.16. The van der Waals surface area contributed by atoms with Gasteiger partial charge in [0.2, 0.25) is 0 Å². The van der Waals surface area contributed by atoms with Crippen LogP contribution in [0.15, 0.2) is 39.3 Å². The number of nitrogens with zero attached hydrogens (tertiary/aromatic N) is 1. The number of hydrogen-bond donors (Lipinski definition) is 1. The number of carbonyl (C=O) groups excluding carboxylic acids is 2. The first-order valence-electron chi connectivity index (χ1n) is 7.83. The van der Waals surface area contributed by atoms with Crippen LogP contribution in [-0.2, 0) is 9.53 Å². The predicted octanol–water partition coefficient (Wildman–Crippen LogP) is 3.07. The molecule has 0 unspecified atom stereocenters. The maximum Gasteiger partial charge on any atom is 0.344 e. The molecular weight excluding hydrogens is 324 g/mol. The van der Waals surface area contributed by atoms with Gasteiger partial charge in [-0.15, -0.1) is 0 Å². The molecule has 7 nitrogen and oxygen atoms in total. The summed E-state index contributed by atoms with van der Waals surface area (Å²) in [7, 11) is 0. The van der Waals surface area contributed by atoms with Gasteiger partial charge in [-0.05, 0) is 32.9 Å². The van der Waals surface area contributed by atoms with Crippen molar-refractivity contribution in [2.75, 3.05) is 6.61 Å². The Balaban J connectivity index is 1.57. The average molecular weight is 342 g/mol. The zero-order chi connectivity index (χ0) is 18.0. The summed E-state index contributed by atoms with van der Waals surface area (Å²) in [6.45, 7) is 4.65. The molecule has 130 valence electrons. The van der Waals surface area contributed by atoms with E-state index in [1.54, 1.807) is 20.8 Å². The second-order valence-electron chi connectivity index (χ2n) is 5.75. The van der Waals surface area contributed by atoms with Crippen LogP contribution in [0, 0.1) is 13.8 Å². The van der Waals surface area contributed by atoms with Crippen molar-refractivity contribution in [3.05, 3.63) is 53.1 Å². The minimum Gasteiger partial charge on any atom is -0.459 e. The van der Waals surface area contributed by atoms with Gasteiger partial charge in [0.25, 0.3) is 5.91 Å². The standard InChI is InChI=1S/C18H18N2O5/c1-10(15-8-13-6-4-5-7-14(13)24-15)19-16(21)9-23-18(22)17-11(2)20-25-12(17)3/h4-8,10H,9H2,1-3H3,(H,19,21)/t10-/m1/s1. The molecule has 0 aliphatic rings. The number of carbonyl (C=O) groups is 2. The van der Waals surface area contributed by atoms with E-state index in [1.165, 1.54) is 0 Å². The van der Waals surface area contributed by atoms with E-state index in [9.17, 15) is 9.59 Å². The van der Waals surface area contributed by atoms with Gasteiger partial charge < -0.3 is 19.0 Å². The highest BCUT2D eigenvalue weighted by atomic mass is 16.5. The monoisotopic (exact) mass is 342 g/mol. The number of esters is 1. The zero-order valence-corrected chi connectivity index (χ0v) is 14.2. The Labute approximate surface area is 143 Å². The smallest absolute Gasteiger partial charge is 0.344 e. The first kappa shape index (κ1) is 16.8. The van der Waals surface area contributed by atoms with Crippen molar-refractivity contribution in [3.63, 3.8) is 0 Å². The van der Waals surface area contributed by atoms with Crippen LogP contribution < -0.4 is 5.32 Å². The minimum absolute atomic E-state index is 0.248. The van der Waals surface area contributed by atoms with Gasteiger partial charge in [0.1, 0.15) is 22.7 Å². The molecular formula is C18H18N2O5. The molecule has 0 saturated carbocycles. The number of hydrogen-bond acceptors (Lipinski definition) is 6. The fourth-order valence-electron chi connectivity index (χ4n) is 2.55. The van der Waals surface area contributed by atoms with Gasteiger partial charge in [0.05, 0.1) is 11.7 Å². The maximum absolute atomic E-state index is 12.0. The van der Waals surface area contributed by atoms with Crippen LogP contribution in [0.2, 0.25) is 0 Å². The predicted molar refractivity (Wildman–Crippen MR) is 89.0 cm³/mol. The molecule has 0 saturated heterocycles. The SMILES string of the molecule is Cc1noc(C)c1C(=O)OCC(=O)N[C@H](C)c1cc2ccccc2o1. The summed E-state index contributed by atoms with van der Waals surface area (Å²) in [4.78, 5) is 24.0. The quantitative estimate of drug-likeness (QED) is 0.716. The summed E-state index contributed by atoms with van der Waals surface area (Å²) in [5, 5.41) is 7.38. The van der Waals surface area contributed by atoms with Gasteiger partial charge in [-0.2, -0.15) is 0 Å².